The van der Waals surface area contributed by atoms with Crippen molar-refractivity contribution in [2.45, 2.75) is 25.2 Å². The first kappa shape index (κ1) is 12.8. The van der Waals surface area contributed by atoms with Gasteiger partial charge in [0, 0.05) is 12.5 Å². The van der Waals surface area contributed by atoms with Gasteiger partial charge >= 0.3 is 0 Å². The molecule has 0 saturated carbocycles. The van der Waals surface area contributed by atoms with Crippen molar-refractivity contribution in [3.63, 3.8) is 0 Å². The van der Waals surface area contributed by atoms with Crippen LogP contribution in [0.15, 0.2) is 0 Å². The lowest BCUT2D eigenvalue weighted by molar-refractivity contribution is -0.0505. The Morgan fingerprint density at radius 1 is 1.08 bits per heavy atom. The first-order valence-electron chi connectivity index (χ1n) is 4.33. The summed E-state index contributed by atoms with van der Waals surface area (Å²) in [5.74, 6) is -0.405. The van der Waals surface area contributed by atoms with Crippen LogP contribution in [0.5, 0.6) is 0 Å². The maximum absolute atomic E-state index is 9.50. The smallest absolute Gasteiger partial charge is 0.0977 e. The molecule has 0 radical (unpaired) electrons. The predicted octanol–water partition coefficient (Wildman–Crippen LogP) is -2.08. The fraction of sp³-hybridized carbons (Fsp3) is 1.00. The highest BCUT2D eigenvalue weighted by Crippen LogP contribution is 2.09. The van der Waals surface area contributed by atoms with E-state index in [1.54, 1.807) is 14.0 Å². The molecule has 0 rings (SSSR count). The largest absolute Gasteiger partial charge is 0.396 e. The Morgan fingerprint density at radius 2 is 1.62 bits per heavy atom. The van der Waals surface area contributed by atoms with Gasteiger partial charge in [-0.3, -0.25) is 0 Å². The van der Waals surface area contributed by atoms with Gasteiger partial charge in [-0.2, -0.15) is 0 Å². The van der Waals surface area contributed by atoms with Gasteiger partial charge < -0.3 is 25.7 Å². The number of nitrogens with one attached hydrogen (secondary N) is 1. The van der Waals surface area contributed by atoms with Gasteiger partial charge in [0.2, 0.25) is 0 Å². The van der Waals surface area contributed by atoms with Crippen LogP contribution in [-0.4, -0.2) is 58.9 Å². The molecule has 0 spiro atoms. The van der Waals surface area contributed by atoms with E-state index >= 15 is 0 Å². The van der Waals surface area contributed by atoms with Crippen LogP contribution in [-0.2, 0) is 0 Å². The van der Waals surface area contributed by atoms with Gasteiger partial charge in [0.1, 0.15) is 0 Å². The third kappa shape index (κ3) is 3.58. The zero-order valence-electron chi connectivity index (χ0n) is 8.01. The highest BCUT2D eigenvalue weighted by atomic mass is 16.3. The molecule has 80 valence electrons. The monoisotopic (exact) mass is 193 g/mol. The van der Waals surface area contributed by atoms with E-state index in [2.05, 4.69) is 5.32 Å². The third-order valence-electron chi connectivity index (χ3n) is 2.20. The lowest BCUT2D eigenvalue weighted by Gasteiger charge is -2.27. The van der Waals surface area contributed by atoms with Gasteiger partial charge in [-0.15, -0.1) is 0 Å². The van der Waals surface area contributed by atoms with E-state index in [9.17, 15) is 10.2 Å². The van der Waals surface area contributed by atoms with Crippen molar-refractivity contribution in [1.29, 1.82) is 0 Å². The van der Waals surface area contributed by atoms with Crippen molar-refractivity contribution < 1.29 is 20.4 Å². The van der Waals surface area contributed by atoms with Crippen LogP contribution in [0, 0.1) is 5.92 Å². The summed E-state index contributed by atoms with van der Waals surface area (Å²) < 4.78 is 0. The number of hydrogen-bond acceptors (Lipinski definition) is 5. The fourth-order valence-electron chi connectivity index (χ4n) is 1.05. The van der Waals surface area contributed by atoms with Crippen LogP contribution in [0.2, 0.25) is 0 Å². The molecule has 4 atom stereocenters. The maximum atomic E-state index is 9.50. The Bertz CT molecular complexity index is 129. The average molecular weight is 193 g/mol. The van der Waals surface area contributed by atoms with Crippen LogP contribution in [0.1, 0.15) is 6.92 Å². The summed E-state index contributed by atoms with van der Waals surface area (Å²) in [4.78, 5) is 0. The topological polar surface area (TPSA) is 93.0 Å². The zero-order chi connectivity index (χ0) is 10.4. The summed E-state index contributed by atoms with van der Waals surface area (Å²) in [5, 5.41) is 39.2. The summed E-state index contributed by atoms with van der Waals surface area (Å²) in [7, 11) is 1.58. The Labute approximate surface area is 78.0 Å². The van der Waals surface area contributed by atoms with E-state index in [1.807, 2.05) is 0 Å². The summed E-state index contributed by atoms with van der Waals surface area (Å²) in [6.07, 6.45) is -2.10. The molecule has 0 aliphatic carbocycles. The number of aliphatic hydroxyl groups excluding tert-OH is 4. The SMILES string of the molecule is CNC(CO)C(O)C(O)C(C)CO. The second-order valence-electron chi connectivity index (χ2n) is 3.22. The Hall–Kier alpha value is -0.200. The van der Waals surface area contributed by atoms with Crippen molar-refractivity contribution in [3.05, 3.63) is 0 Å². The molecule has 0 aliphatic rings. The molecule has 0 aromatic rings. The van der Waals surface area contributed by atoms with Crippen LogP contribution in [0.25, 0.3) is 0 Å². The molecule has 0 amide bonds. The first-order chi connectivity index (χ1) is 6.08. The molecular weight excluding hydrogens is 174 g/mol. The minimum absolute atomic E-state index is 0.194. The van der Waals surface area contributed by atoms with Gasteiger partial charge in [0.25, 0.3) is 0 Å². The van der Waals surface area contributed by atoms with Crippen LogP contribution in [0.3, 0.4) is 0 Å². The Morgan fingerprint density at radius 3 is 1.92 bits per heavy atom. The average Bonchev–Trinajstić information content (AvgIpc) is 2.17. The lowest BCUT2D eigenvalue weighted by atomic mass is 9.96. The second-order valence-corrected chi connectivity index (χ2v) is 3.22. The van der Waals surface area contributed by atoms with Crippen LogP contribution < -0.4 is 5.32 Å². The molecule has 0 saturated heterocycles. The number of rotatable bonds is 6. The number of hydrogen-bond donors (Lipinski definition) is 5. The predicted molar refractivity (Wildman–Crippen MR) is 48.2 cm³/mol. The van der Waals surface area contributed by atoms with Crippen molar-refractivity contribution in [1.82, 2.24) is 5.32 Å². The highest BCUT2D eigenvalue weighted by Gasteiger charge is 2.28. The molecule has 5 nitrogen and oxygen atoms in total. The van der Waals surface area contributed by atoms with E-state index in [1.165, 1.54) is 0 Å². The Balaban J connectivity index is 4.13. The molecule has 0 bridgehead atoms. The van der Waals surface area contributed by atoms with Crippen LogP contribution in [0.4, 0.5) is 0 Å². The van der Waals surface area contributed by atoms with Gasteiger partial charge in [-0.05, 0) is 7.05 Å². The molecule has 0 aliphatic heterocycles. The van der Waals surface area contributed by atoms with E-state index < -0.39 is 24.2 Å². The molecule has 13 heavy (non-hydrogen) atoms. The van der Waals surface area contributed by atoms with E-state index in [4.69, 9.17) is 10.2 Å². The summed E-state index contributed by atoms with van der Waals surface area (Å²) in [5.41, 5.74) is 0. The number of likely N-dealkylation sites (N-methyl/N-ethyl adjacent to an activating group) is 1. The van der Waals surface area contributed by atoms with E-state index in [0.29, 0.717) is 0 Å². The van der Waals surface area contributed by atoms with Gasteiger partial charge in [-0.25, -0.2) is 0 Å². The molecule has 5 N–H and O–H groups in total. The highest BCUT2D eigenvalue weighted by molar-refractivity contribution is 4.82. The third-order valence-corrected chi connectivity index (χ3v) is 2.20. The van der Waals surface area contributed by atoms with Gasteiger partial charge in [0.05, 0.1) is 24.9 Å². The lowest BCUT2D eigenvalue weighted by Crippen LogP contribution is -2.49. The molecule has 0 heterocycles. The van der Waals surface area contributed by atoms with Gasteiger partial charge in [0.15, 0.2) is 0 Å². The quantitative estimate of drug-likeness (QED) is 0.334. The molecular formula is C8H19NO4. The first-order valence-corrected chi connectivity index (χ1v) is 4.33. The molecule has 4 unspecified atom stereocenters. The molecule has 5 heteroatoms. The summed E-state index contributed by atoms with van der Waals surface area (Å²) in [6.45, 7) is 1.17. The van der Waals surface area contributed by atoms with Crippen LogP contribution >= 0.6 is 0 Å². The second kappa shape index (κ2) is 6.28. The zero-order valence-corrected chi connectivity index (χ0v) is 8.01. The van der Waals surface area contributed by atoms with E-state index in [-0.39, 0.29) is 13.2 Å². The standard InChI is InChI=1S/C8H19NO4/c1-5(3-10)7(12)8(13)6(4-11)9-2/h5-13H,3-4H2,1-2H3. The van der Waals surface area contributed by atoms with E-state index in [0.717, 1.165) is 0 Å². The molecule has 0 aromatic heterocycles. The van der Waals surface area contributed by atoms with Gasteiger partial charge in [-0.1, -0.05) is 6.92 Å². The fourth-order valence-corrected chi connectivity index (χ4v) is 1.05. The normalized spacial score (nSPS) is 20.8. The number of aliphatic hydroxyl groups is 4. The van der Waals surface area contributed by atoms with Crippen molar-refractivity contribution in [2.75, 3.05) is 20.3 Å². The van der Waals surface area contributed by atoms with Crippen molar-refractivity contribution >= 4 is 0 Å². The Kier molecular flexibility index (Phi) is 6.19. The van der Waals surface area contributed by atoms with Crippen molar-refractivity contribution in [3.8, 4) is 0 Å². The molecule has 0 fully saturated rings. The minimum Gasteiger partial charge on any atom is -0.396 e. The summed E-state index contributed by atoms with van der Waals surface area (Å²) >= 11 is 0. The van der Waals surface area contributed by atoms with Crippen molar-refractivity contribution in [2.24, 2.45) is 5.92 Å². The minimum atomic E-state index is -1.07. The maximum Gasteiger partial charge on any atom is 0.0977 e. The molecule has 0 aromatic carbocycles. The summed E-state index contributed by atoms with van der Waals surface area (Å²) in [6, 6.07) is -0.566.